The smallest absolute Gasteiger partial charge is 0.223 e. The number of carbonyl (C=O) groups is 1. The number of sulfonamides is 1. The van der Waals surface area contributed by atoms with Crippen LogP contribution in [0.4, 0.5) is 0 Å². The van der Waals surface area contributed by atoms with E-state index in [0.717, 1.165) is 16.7 Å². The van der Waals surface area contributed by atoms with Crippen molar-refractivity contribution in [1.29, 1.82) is 0 Å². The first-order valence-corrected chi connectivity index (χ1v) is 13.5. The number of piperidine rings is 1. The van der Waals surface area contributed by atoms with Crippen LogP contribution in [0.5, 0.6) is 0 Å². The Bertz CT molecular complexity index is 1240. The molecule has 178 valence electrons. The molecular formula is C27H29ClN2O3S. The summed E-state index contributed by atoms with van der Waals surface area (Å²) in [4.78, 5) is 13.3. The first-order chi connectivity index (χ1) is 16.3. The van der Waals surface area contributed by atoms with Crippen LogP contribution in [0, 0.1) is 12.8 Å². The van der Waals surface area contributed by atoms with Crippen molar-refractivity contribution in [2.24, 2.45) is 5.92 Å². The lowest BCUT2D eigenvalue weighted by atomic mass is 9.92. The molecule has 1 aliphatic rings. The molecule has 1 unspecified atom stereocenters. The fourth-order valence-electron chi connectivity index (χ4n) is 4.48. The van der Waals surface area contributed by atoms with Gasteiger partial charge in [-0.3, -0.25) is 4.79 Å². The number of aryl methyl sites for hydroxylation is 1. The van der Waals surface area contributed by atoms with Crippen molar-refractivity contribution < 1.29 is 13.2 Å². The van der Waals surface area contributed by atoms with Gasteiger partial charge in [0.05, 0.1) is 11.8 Å². The molecule has 1 heterocycles. The zero-order valence-electron chi connectivity index (χ0n) is 19.2. The van der Waals surface area contributed by atoms with Crippen LogP contribution in [0.15, 0.2) is 78.9 Å². The molecule has 1 saturated heterocycles. The van der Waals surface area contributed by atoms with Crippen LogP contribution < -0.4 is 5.32 Å². The standard InChI is InChI=1S/C27H29ClN2O3S/c1-20-8-5-6-13-25(20)26(22-10-3-2-4-11-22)29-27(31)23-14-16-30(17-15-23)34(32,33)19-21-9-7-12-24(28)18-21/h2-13,18,23,26H,14-17,19H2,1H3,(H,29,31). The van der Waals surface area contributed by atoms with Crippen molar-refractivity contribution in [3.8, 4) is 0 Å². The second kappa shape index (κ2) is 10.7. The molecule has 4 rings (SSSR count). The molecule has 5 nitrogen and oxygen atoms in total. The lowest BCUT2D eigenvalue weighted by Crippen LogP contribution is -2.44. The summed E-state index contributed by atoms with van der Waals surface area (Å²) in [5.41, 5.74) is 3.85. The van der Waals surface area contributed by atoms with Gasteiger partial charge >= 0.3 is 0 Å². The maximum absolute atomic E-state index is 13.3. The van der Waals surface area contributed by atoms with E-state index in [4.69, 9.17) is 11.6 Å². The largest absolute Gasteiger partial charge is 0.345 e. The first kappa shape index (κ1) is 24.5. The Labute approximate surface area is 206 Å². The Morgan fingerprint density at radius 2 is 1.68 bits per heavy atom. The zero-order valence-corrected chi connectivity index (χ0v) is 20.7. The maximum Gasteiger partial charge on any atom is 0.223 e. The van der Waals surface area contributed by atoms with Gasteiger partial charge in [-0.05, 0) is 54.2 Å². The summed E-state index contributed by atoms with van der Waals surface area (Å²) in [5, 5.41) is 3.76. The molecule has 34 heavy (non-hydrogen) atoms. The van der Waals surface area contributed by atoms with E-state index < -0.39 is 10.0 Å². The predicted molar refractivity (Wildman–Crippen MR) is 136 cm³/mol. The second-order valence-electron chi connectivity index (χ2n) is 8.77. The Morgan fingerprint density at radius 3 is 2.35 bits per heavy atom. The Balaban J connectivity index is 1.42. The molecule has 0 radical (unpaired) electrons. The summed E-state index contributed by atoms with van der Waals surface area (Å²) in [5.74, 6) is -0.356. The number of rotatable bonds is 7. The molecule has 0 aromatic heterocycles. The van der Waals surface area contributed by atoms with Gasteiger partial charge in [0.15, 0.2) is 0 Å². The number of benzene rings is 3. The van der Waals surface area contributed by atoms with E-state index in [1.807, 2.05) is 61.5 Å². The van der Waals surface area contributed by atoms with Crippen LogP contribution in [0.1, 0.15) is 41.1 Å². The van der Waals surface area contributed by atoms with Crippen LogP contribution in [-0.4, -0.2) is 31.7 Å². The van der Waals surface area contributed by atoms with Gasteiger partial charge in [0, 0.05) is 24.0 Å². The third-order valence-corrected chi connectivity index (χ3v) is 8.46. The Morgan fingerprint density at radius 1 is 1.00 bits per heavy atom. The quantitative estimate of drug-likeness (QED) is 0.495. The minimum absolute atomic E-state index is 0.0380. The van der Waals surface area contributed by atoms with Crippen LogP contribution in [0.25, 0.3) is 0 Å². The van der Waals surface area contributed by atoms with Gasteiger partial charge in [0.25, 0.3) is 0 Å². The monoisotopic (exact) mass is 496 g/mol. The fraction of sp³-hybridized carbons (Fsp3) is 0.296. The van der Waals surface area contributed by atoms with Gasteiger partial charge in [0.1, 0.15) is 0 Å². The van der Waals surface area contributed by atoms with E-state index >= 15 is 0 Å². The third kappa shape index (κ3) is 5.87. The van der Waals surface area contributed by atoms with Crippen molar-refractivity contribution in [2.75, 3.05) is 13.1 Å². The molecule has 0 spiro atoms. The highest BCUT2D eigenvalue weighted by molar-refractivity contribution is 7.88. The topological polar surface area (TPSA) is 66.5 Å². The third-order valence-electron chi connectivity index (χ3n) is 6.38. The number of amides is 1. The second-order valence-corrected chi connectivity index (χ2v) is 11.2. The fourth-order valence-corrected chi connectivity index (χ4v) is 6.25. The summed E-state index contributed by atoms with van der Waals surface area (Å²) >= 11 is 6.00. The highest BCUT2D eigenvalue weighted by atomic mass is 35.5. The van der Waals surface area contributed by atoms with E-state index in [9.17, 15) is 13.2 Å². The molecule has 0 aliphatic carbocycles. The molecule has 1 atom stereocenters. The molecule has 7 heteroatoms. The van der Waals surface area contributed by atoms with Gasteiger partial charge in [-0.2, -0.15) is 0 Å². The number of halogens is 1. The van der Waals surface area contributed by atoms with E-state index in [-0.39, 0.29) is 23.6 Å². The number of hydrogen-bond donors (Lipinski definition) is 1. The number of nitrogens with one attached hydrogen (secondary N) is 1. The molecule has 0 bridgehead atoms. The molecule has 1 fully saturated rings. The summed E-state index contributed by atoms with van der Waals surface area (Å²) < 4.78 is 27.3. The minimum Gasteiger partial charge on any atom is -0.345 e. The SMILES string of the molecule is Cc1ccccc1C(NC(=O)C1CCN(S(=O)(=O)Cc2cccc(Cl)c2)CC1)c1ccccc1. The van der Waals surface area contributed by atoms with E-state index in [2.05, 4.69) is 5.32 Å². The maximum atomic E-state index is 13.3. The van der Waals surface area contributed by atoms with Crippen molar-refractivity contribution in [2.45, 2.75) is 31.6 Å². The van der Waals surface area contributed by atoms with Crippen molar-refractivity contribution >= 4 is 27.5 Å². The molecule has 1 amide bonds. The van der Waals surface area contributed by atoms with Gasteiger partial charge in [-0.15, -0.1) is 0 Å². The summed E-state index contributed by atoms with van der Waals surface area (Å²) in [6.07, 6.45) is 0.992. The lowest BCUT2D eigenvalue weighted by molar-refractivity contribution is -0.126. The molecule has 0 saturated carbocycles. The van der Waals surface area contributed by atoms with Crippen LogP contribution in [-0.2, 0) is 20.6 Å². The average Bonchev–Trinajstić information content (AvgIpc) is 2.83. The Hall–Kier alpha value is -2.67. The van der Waals surface area contributed by atoms with Crippen molar-refractivity contribution in [1.82, 2.24) is 9.62 Å². The minimum atomic E-state index is -3.47. The zero-order chi connectivity index (χ0) is 24.1. The van der Waals surface area contributed by atoms with Crippen molar-refractivity contribution in [3.63, 3.8) is 0 Å². The number of nitrogens with zero attached hydrogens (tertiary/aromatic N) is 1. The Kier molecular flexibility index (Phi) is 7.71. The highest BCUT2D eigenvalue weighted by Gasteiger charge is 2.32. The number of hydrogen-bond acceptors (Lipinski definition) is 3. The molecule has 1 aliphatic heterocycles. The lowest BCUT2D eigenvalue weighted by Gasteiger charge is -2.32. The summed E-state index contributed by atoms with van der Waals surface area (Å²) in [7, 11) is -3.47. The highest BCUT2D eigenvalue weighted by Crippen LogP contribution is 2.28. The van der Waals surface area contributed by atoms with Crippen LogP contribution in [0.2, 0.25) is 5.02 Å². The normalized spacial score (nSPS) is 16.2. The number of carbonyl (C=O) groups excluding carboxylic acids is 1. The van der Waals surface area contributed by atoms with E-state index in [0.29, 0.717) is 36.5 Å². The van der Waals surface area contributed by atoms with Crippen molar-refractivity contribution in [3.05, 3.63) is 106 Å². The van der Waals surface area contributed by atoms with Gasteiger partial charge in [-0.1, -0.05) is 78.3 Å². The molecular weight excluding hydrogens is 468 g/mol. The first-order valence-electron chi connectivity index (χ1n) is 11.5. The predicted octanol–water partition coefficient (Wildman–Crippen LogP) is 5.10. The molecule has 3 aromatic rings. The van der Waals surface area contributed by atoms with E-state index in [1.54, 1.807) is 24.3 Å². The van der Waals surface area contributed by atoms with E-state index in [1.165, 1.54) is 4.31 Å². The van der Waals surface area contributed by atoms with Crippen LogP contribution >= 0.6 is 11.6 Å². The van der Waals surface area contributed by atoms with Gasteiger partial charge in [0.2, 0.25) is 15.9 Å². The summed E-state index contributed by atoms with van der Waals surface area (Å²) in [6.45, 7) is 2.71. The van der Waals surface area contributed by atoms with Crippen LogP contribution in [0.3, 0.4) is 0 Å². The summed E-state index contributed by atoms with van der Waals surface area (Å²) in [6, 6.07) is 24.6. The molecule has 3 aromatic carbocycles. The molecule has 1 N–H and O–H groups in total. The van der Waals surface area contributed by atoms with Gasteiger partial charge < -0.3 is 5.32 Å². The average molecular weight is 497 g/mol. The van der Waals surface area contributed by atoms with Gasteiger partial charge in [-0.25, -0.2) is 12.7 Å².